The number of hydrogen-bond donors (Lipinski definition) is 2. The van der Waals surface area contributed by atoms with Crippen LogP contribution >= 0.6 is 0 Å². The number of benzene rings is 1. The molecule has 1 aromatic heterocycles. The van der Waals surface area contributed by atoms with Gasteiger partial charge >= 0.3 is 0 Å². The monoisotopic (exact) mass is 217 g/mol. The van der Waals surface area contributed by atoms with Gasteiger partial charge in [-0.05, 0) is 31.2 Å². The van der Waals surface area contributed by atoms with E-state index in [1.807, 2.05) is 24.4 Å². The van der Waals surface area contributed by atoms with Crippen LogP contribution in [0.1, 0.15) is 6.42 Å². The van der Waals surface area contributed by atoms with Crippen LogP contribution < -0.4 is 10.1 Å². The fraction of sp³-hybridized carbons (Fsp3) is 0.417. The van der Waals surface area contributed by atoms with Crippen molar-refractivity contribution < 1.29 is 4.74 Å². The van der Waals surface area contributed by atoms with E-state index in [1.54, 1.807) is 0 Å². The van der Waals surface area contributed by atoms with Gasteiger partial charge in [0.25, 0.3) is 0 Å². The SMILES string of the molecule is c1cc2[nH]ncc2cc1OCC1CCNC1. The Kier molecular flexibility index (Phi) is 2.50. The van der Waals surface area contributed by atoms with E-state index in [1.165, 1.54) is 6.42 Å². The minimum absolute atomic E-state index is 0.653. The highest BCUT2D eigenvalue weighted by Crippen LogP contribution is 2.20. The second-order valence-corrected chi connectivity index (χ2v) is 4.29. The van der Waals surface area contributed by atoms with Crippen molar-refractivity contribution >= 4 is 10.9 Å². The maximum Gasteiger partial charge on any atom is 0.120 e. The van der Waals surface area contributed by atoms with Gasteiger partial charge in [-0.3, -0.25) is 5.10 Å². The minimum Gasteiger partial charge on any atom is -0.493 e. The molecule has 1 unspecified atom stereocenters. The molecule has 1 fully saturated rings. The third-order valence-electron chi connectivity index (χ3n) is 3.06. The fourth-order valence-corrected chi connectivity index (χ4v) is 2.08. The van der Waals surface area contributed by atoms with Crippen LogP contribution in [0.3, 0.4) is 0 Å². The summed E-state index contributed by atoms with van der Waals surface area (Å²) in [4.78, 5) is 0. The van der Waals surface area contributed by atoms with Crippen LogP contribution in [-0.4, -0.2) is 29.9 Å². The Labute approximate surface area is 94.0 Å². The van der Waals surface area contributed by atoms with Crippen molar-refractivity contribution in [1.29, 1.82) is 0 Å². The highest BCUT2D eigenvalue weighted by Gasteiger charge is 2.14. The summed E-state index contributed by atoms with van der Waals surface area (Å²) in [5.74, 6) is 1.58. The summed E-state index contributed by atoms with van der Waals surface area (Å²) >= 11 is 0. The van der Waals surface area contributed by atoms with Crippen LogP contribution in [-0.2, 0) is 0 Å². The summed E-state index contributed by atoms with van der Waals surface area (Å²) in [6.45, 7) is 3.00. The number of nitrogens with zero attached hydrogens (tertiary/aromatic N) is 1. The molecule has 4 nitrogen and oxygen atoms in total. The van der Waals surface area contributed by atoms with E-state index in [2.05, 4.69) is 15.5 Å². The molecule has 2 heterocycles. The zero-order valence-corrected chi connectivity index (χ0v) is 9.07. The van der Waals surface area contributed by atoms with Crippen LogP contribution in [0.25, 0.3) is 10.9 Å². The lowest BCUT2D eigenvalue weighted by Gasteiger charge is -2.10. The van der Waals surface area contributed by atoms with Crippen LogP contribution in [0.2, 0.25) is 0 Å². The first-order valence-electron chi connectivity index (χ1n) is 5.68. The summed E-state index contributed by atoms with van der Waals surface area (Å²) < 4.78 is 5.79. The first-order valence-corrected chi connectivity index (χ1v) is 5.68. The molecule has 1 atom stereocenters. The van der Waals surface area contributed by atoms with Gasteiger partial charge in [-0.15, -0.1) is 0 Å². The standard InChI is InChI=1S/C12H15N3O/c1-2-12-10(7-14-15-12)5-11(1)16-8-9-3-4-13-6-9/h1-2,5,7,9,13H,3-4,6,8H2,(H,14,15). The summed E-state index contributed by atoms with van der Waals surface area (Å²) in [7, 11) is 0. The lowest BCUT2D eigenvalue weighted by molar-refractivity contribution is 0.260. The molecule has 1 aromatic carbocycles. The smallest absolute Gasteiger partial charge is 0.120 e. The van der Waals surface area contributed by atoms with Crippen molar-refractivity contribution in [3.63, 3.8) is 0 Å². The van der Waals surface area contributed by atoms with Crippen LogP contribution in [0, 0.1) is 5.92 Å². The Bertz CT molecular complexity index is 474. The van der Waals surface area contributed by atoms with E-state index < -0.39 is 0 Å². The second-order valence-electron chi connectivity index (χ2n) is 4.29. The Balaban J connectivity index is 1.68. The molecule has 0 saturated carbocycles. The first-order chi connectivity index (χ1) is 7.92. The molecular formula is C12H15N3O. The van der Waals surface area contributed by atoms with Gasteiger partial charge in [-0.1, -0.05) is 0 Å². The summed E-state index contributed by atoms with van der Waals surface area (Å²) in [5.41, 5.74) is 1.05. The van der Waals surface area contributed by atoms with Gasteiger partial charge in [0.2, 0.25) is 0 Å². The van der Waals surface area contributed by atoms with E-state index in [-0.39, 0.29) is 0 Å². The molecule has 0 aliphatic carbocycles. The average molecular weight is 217 g/mol. The van der Waals surface area contributed by atoms with Gasteiger partial charge in [-0.2, -0.15) is 5.10 Å². The van der Waals surface area contributed by atoms with Crippen molar-refractivity contribution in [2.45, 2.75) is 6.42 Å². The van der Waals surface area contributed by atoms with Gasteiger partial charge in [0, 0.05) is 17.8 Å². The number of hydrogen-bond acceptors (Lipinski definition) is 3. The van der Waals surface area contributed by atoms with E-state index >= 15 is 0 Å². The molecule has 84 valence electrons. The molecule has 2 aromatic rings. The molecule has 1 aliphatic rings. The molecule has 3 rings (SSSR count). The number of aromatic amines is 1. The molecule has 1 saturated heterocycles. The van der Waals surface area contributed by atoms with Gasteiger partial charge in [0.1, 0.15) is 5.75 Å². The third-order valence-corrected chi connectivity index (χ3v) is 3.06. The zero-order chi connectivity index (χ0) is 10.8. The normalized spacial score (nSPS) is 20.4. The predicted molar refractivity (Wildman–Crippen MR) is 62.6 cm³/mol. The Morgan fingerprint density at radius 1 is 1.44 bits per heavy atom. The minimum atomic E-state index is 0.653. The number of ether oxygens (including phenoxy) is 1. The van der Waals surface area contributed by atoms with Gasteiger partial charge in [-0.25, -0.2) is 0 Å². The highest BCUT2D eigenvalue weighted by atomic mass is 16.5. The summed E-state index contributed by atoms with van der Waals surface area (Å²) in [6, 6.07) is 6.02. The van der Waals surface area contributed by atoms with Crippen LogP contribution in [0.4, 0.5) is 0 Å². The topological polar surface area (TPSA) is 49.9 Å². The molecule has 0 spiro atoms. The van der Waals surface area contributed by atoms with Gasteiger partial charge < -0.3 is 10.1 Å². The molecule has 0 radical (unpaired) electrons. The van der Waals surface area contributed by atoms with Gasteiger partial charge in [0.05, 0.1) is 18.3 Å². The Morgan fingerprint density at radius 2 is 2.44 bits per heavy atom. The average Bonchev–Trinajstić information content (AvgIpc) is 2.97. The lowest BCUT2D eigenvalue weighted by Crippen LogP contribution is -2.15. The van der Waals surface area contributed by atoms with Crippen LogP contribution in [0.5, 0.6) is 5.75 Å². The predicted octanol–water partition coefficient (Wildman–Crippen LogP) is 1.55. The van der Waals surface area contributed by atoms with Crippen molar-refractivity contribution in [2.24, 2.45) is 5.92 Å². The third kappa shape index (κ3) is 1.88. The number of fused-ring (bicyclic) bond motifs is 1. The zero-order valence-electron chi connectivity index (χ0n) is 9.07. The van der Waals surface area contributed by atoms with Crippen molar-refractivity contribution in [1.82, 2.24) is 15.5 Å². The molecule has 2 N–H and O–H groups in total. The Hall–Kier alpha value is -1.55. The first kappa shape index (κ1) is 9.66. The van der Waals surface area contributed by atoms with E-state index in [0.29, 0.717) is 5.92 Å². The summed E-state index contributed by atoms with van der Waals surface area (Å²) in [6.07, 6.45) is 3.03. The van der Waals surface area contributed by atoms with E-state index in [9.17, 15) is 0 Å². The van der Waals surface area contributed by atoms with Crippen molar-refractivity contribution in [3.8, 4) is 5.75 Å². The van der Waals surface area contributed by atoms with E-state index in [4.69, 9.17) is 4.74 Å². The molecule has 4 heteroatoms. The van der Waals surface area contributed by atoms with Crippen LogP contribution in [0.15, 0.2) is 24.4 Å². The van der Waals surface area contributed by atoms with Gasteiger partial charge in [0.15, 0.2) is 0 Å². The highest BCUT2D eigenvalue weighted by molar-refractivity contribution is 5.79. The summed E-state index contributed by atoms with van der Waals surface area (Å²) in [5, 5.41) is 11.4. The molecule has 0 bridgehead atoms. The number of aromatic nitrogens is 2. The largest absolute Gasteiger partial charge is 0.493 e. The van der Waals surface area contributed by atoms with Crippen molar-refractivity contribution in [3.05, 3.63) is 24.4 Å². The quantitative estimate of drug-likeness (QED) is 0.820. The second kappa shape index (κ2) is 4.14. The maximum absolute atomic E-state index is 5.79. The number of nitrogens with one attached hydrogen (secondary N) is 2. The maximum atomic E-state index is 5.79. The fourth-order valence-electron chi connectivity index (χ4n) is 2.08. The molecule has 16 heavy (non-hydrogen) atoms. The lowest BCUT2D eigenvalue weighted by atomic mass is 10.1. The van der Waals surface area contributed by atoms with E-state index in [0.717, 1.165) is 36.3 Å². The molecule has 1 aliphatic heterocycles. The molecule has 0 amide bonds. The van der Waals surface area contributed by atoms with Crippen molar-refractivity contribution in [2.75, 3.05) is 19.7 Å². The number of H-pyrrole nitrogens is 1. The Morgan fingerprint density at radius 3 is 3.31 bits per heavy atom. The number of rotatable bonds is 3. The molecular weight excluding hydrogens is 202 g/mol.